The highest BCUT2D eigenvalue weighted by Crippen LogP contribution is 2.09. The summed E-state index contributed by atoms with van der Waals surface area (Å²) in [4.78, 5) is 4.06. The summed E-state index contributed by atoms with van der Waals surface area (Å²) in [6.45, 7) is 2.15. The number of halogens is 1. The Bertz CT molecular complexity index is 470. The van der Waals surface area contributed by atoms with Crippen molar-refractivity contribution in [3.8, 4) is 0 Å². The SMILES string of the molecule is C/C(Cl)=N/Cn1nnc2ccccc21. The fourth-order valence-corrected chi connectivity index (χ4v) is 1.24. The first-order chi connectivity index (χ1) is 6.77. The molecular formula is C9H9ClN4. The van der Waals surface area contributed by atoms with Crippen molar-refractivity contribution in [2.75, 3.05) is 0 Å². The largest absolute Gasteiger partial charge is 0.254 e. The van der Waals surface area contributed by atoms with E-state index >= 15 is 0 Å². The first-order valence-electron chi connectivity index (χ1n) is 4.22. The first kappa shape index (κ1) is 9.15. The number of hydrogen-bond donors (Lipinski definition) is 0. The van der Waals surface area contributed by atoms with Crippen LogP contribution in [0, 0.1) is 0 Å². The van der Waals surface area contributed by atoms with Gasteiger partial charge in [-0.2, -0.15) is 0 Å². The van der Waals surface area contributed by atoms with Crippen molar-refractivity contribution in [3.63, 3.8) is 0 Å². The second kappa shape index (κ2) is 3.75. The molecular weight excluding hydrogens is 200 g/mol. The molecule has 0 bridgehead atoms. The molecule has 0 aliphatic heterocycles. The van der Waals surface area contributed by atoms with Gasteiger partial charge in [-0.3, -0.25) is 4.99 Å². The average molecular weight is 209 g/mol. The molecule has 4 nitrogen and oxygen atoms in total. The Hall–Kier alpha value is -1.42. The minimum Gasteiger partial charge on any atom is -0.254 e. The maximum Gasteiger partial charge on any atom is 0.135 e. The highest BCUT2D eigenvalue weighted by atomic mass is 35.5. The van der Waals surface area contributed by atoms with Crippen LogP contribution in [0.2, 0.25) is 0 Å². The molecule has 2 aromatic rings. The molecule has 2 rings (SSSR count). The van der Waals surface area contributed by atoms with Gasteiger partial charge in [0.25, 0.3) is 0 Å². The molecule has 0 fully saturated rings. The number of rotatable bonds is 2. The zero-order valence-electron chi connectivity index (χ0n) is 7.68. The van der Waals surface area contributed by atoms with Crippen LogP contribution in [-0.4, -0.2) is 20.2 Å². The summed E-state index contributed by atoms with van der Waals surface area (Å²) in [7, 11) is 0. The Labute approximate surface area is 86.2 Å². The van der Waals surface area contributed by atoms with Crippen molar-refractivity contribution in [3.05, 3.63) is 24.3 Å². The molecule has 5 heteroatoms. The van der Waals surface area contributed by atoms with Crippen LogP contribution >= 0.6 is 11.6 Å². The summed E-state index contributed by atoms with van der Waals surface area (Å²) in [5.74, 6) is 0. The fraction of sp³-hybridized carbons (Fsp3) is 0.222. The number of aliphatic imine (C=N–C) groups is 1. The topological polar surface area (TPSA) is 43.1 Å². The van der Waals surface area contributed by atoms with E-state index in [1.807, 2.05) is 24.3 Å². The van der Waals surface area contributed by atoms with Gasteiger partial charge in [-0.1, -0.05) is 28.9 Å². The van der Waals surface area contributed by atoms with Crippen LogP contribution in [0.4, 0.5) is 0 Å². The summed E-state index contributed by atoms with van der Waals surface area (Å²) < 4.78 is 1.71. The molecule has 72 valence electrons. The molecule has 14 heavy (non-hydrogen) atoms. The standard InChI is InChI=1S/C9H9ClN4/c1-7(10)11-6-14-9-5-3-2-4-8(9)12-13-14/h2-5H,6H2,1H3/b11-7-. The van der Waals surface area contributed by atoms with Crippen LogP contribution in [-0.2, 0) is 6.67 Å². The van der Waals surface area contributed by atoms with Gasteiger partial charge in [0.05, 0.1) is 10.7 Å². The van der Waals surface area contributed by atoms with E-state index in [1.165, 1.54) is 0 Å². The van der Waals surface area contributed by atoms with Gasteiger partial charge in [0.15, 0.2) is 0 Å². The Kier molecular flexibility index (Phi) is 2.45. The molecule has 0 aliphatic carbocycles. The Morgan fingerprint density at radius 2 is 2.29 bits per heavy atom. The van der Waals surface area contributed by atoms with E-state index in [4.69, 9.17) is 11.6 Å². The lowest BCUT2D eigenvalue weighted by molar-refractivity contribution is 0.630. The summed E-state index contributed by atoms with van der Waals surface area (Å²) in [6, 6.07) is 7.74. The highest BCUT2D eigenvalue weighted by Gasteiger charge is 2.00. The molecule has 0 saturated carbocycles. The van der Waals surface area contributed by atoms with Crippen molar-refractivity contribution in [2.24, 2.45) is 4.99 Å². The molecule has 0 saturated heterocycles. The quantitative estimate of drug-likeness (QED) is 0.709. The number of hydrogen-bond acceptors (Lipinski definition) is 3. The van der Waals surface area contributed by atoms with E-state index in [-0.39, 0.29) is 0 Å². The van der Waals surface area contributed by atoms with E-state index in [1.54, 1.807) is 11.6 Å². The van der Waals surface area contributed by atoms with Crippen LogP contribution in [0.5, 0.6) is 0 Å². The third-order valence-electron chi connectivity index (χ3n) is 1.84. The van der Waals surface area contributed by atoms with Gasteiger partial charge >= 0.3 is 0 Å². The zero-order valence-corrected chi connectivity index (χ0v) is 8.44. The molecule has 0 aliphatic rings. The monoisotopic (exact) mass is 208 g/mol. The minimum absolute atomic E-state index is 0.413. The predicted octanol–water partition coefficient (Wildman–Crippen LogP) is 2.05. The Balaban J connectivity index is 2.38. The molecule has 0 spiro atoms. The van der Waals surface area contributed by atoms with Gasteiger partial charge in [-0.15, -0.1) is 5.10 Å². The third-order valence-corrected chi connectivity index (χ3v) is 1.96. The minimum atomic E-state index is 0.413. The van der Waals surface area contributed by atoms with Gasteiger partial charge in [0, 0.05) is 0 Å². The van der Waals surface area contributed by atoms with Crippen LogP contribution < -0.4 is 0 Å². The fourth-order valence-electron chi connectivity index (χ4n) is 1.19. The lowest BCUT2D eigenvalue weighted by atomic mass is 10.3. The van der Waals surface area contributed by atoms with E-state index in [2.05, 4.69) is 15.3 Å². The van der Waals surface area contributed by atoms with E-state index in [0.717, 1.165) is 11.0 Å². The smallest absolute Gasteiger partial charge is 0.135 e. The van der Waals surface area contributed by atoms with E-state index < -0.39 is 0 Å². The first-order valence-corrected chi connectivity index (χ1v) is 4.60. The Morgan fingerprint density at radius 3 is 3.07 bits per heavy atom. The molecule has 1 aromatic carbocycles. The molecule has 0 amide bonds. The second-order valence-electron chi connectivity index (χ2n) is 2.87. The van der Waals surface area contributed by atoms with Gasteiger partial charge in [-0.25, -0.2) is 4.68 Å². The molecule has 0 radical (unpaired) electrons. The van der Waals surface area contributed by atoms with Gasteiger partial charge in [0.1, 0.15) is 12.2 Å². The predicted molar refractivity (Wildman–Crippen MR) is 56.5 cm³/mol. The number of aromatic nitrogens is 3. The lowest BCUT2D eigenvalue weighted by Gasteiger charge is -1.96. The summed E-state index contributed by atoms with van der Waals surface area (Å²) >= 11 is 5.63. The average Bonchev–Trinajstić information content (AvgIpc) is 2.58. The normalized spacial score (nSPS) is 12.3. The molecule has 0 atom stereocenters. The van der Waals surface area contributed by atoms with Crippen molar-refractivity contribution in [2.45, 2.75) is 13.6 Å². The van der Waals surface area contributed by atoms with Crippen LogP contribution in [0.3, 0.4) is 0 Å². The Morgan fingerprint density at radius 1 is 1.50 bits per heavy atom. The lowest BCUT2D eigenvalue weighted by Crippen LogP contribution is -1.98. The van der Waals surface area contributed by atoms with Crippen molar-refractivity contribution < 1.29 is 0 Å². The van der Waals surface area contributed by atoms with E-state index in [0.29, 0.717) is 11.8 Å². The number of nitrogens with zero attached hydrogens (tertiary/aromatic N) is 4. The molecule has 0 N–H and O–H groups in total. The van der Waals surface area contributed by atoms with E-state index in [9.17, 15) is 0 Å². The molecule has 1 heterocycles. The highest BCUT2D eigenvalue weighted by molar-refractivity contribution is 6.64. The van der Waals surface area contributed by atoms with Gasteiger partial charge in [-0.05, 0) is 19.1 Å². The van der Waals surface area contributed by atoms with Crippen molar-refractivity contribution in [1.29, 1.82) is 0 Å². The number of benzene rings is 1. The summed E-state index contributed by atoms with van der Waals surface area (Å²) in [5, 5.41) is 8.48. The zero-order chi connectivity index (χ0) is 9.97. The summed E-state index contributed by atoms with van der Waals surface area (Å²) in [5.41, 5.74) is 1.84. The van der Waals surface area contributed by atoms with Crippen molar-refractivity contribution in [1.82, 2.24) is 15.0 Å². The second-order valence-corrected chi connectivity index (χ2v) is 3.42. The molecule has 0 unspecified atom stereocenters. The number of para-hydroxylation sites is 1. The molecule has 1 aromatic heterocycles. The van der Waals surface area contributed by atoms with Gasteiger partial charge in [0.2, 0.25) is 0 Å². The van der Waals surface area contributed by atoms with Crippen LogP contribution in [0.1, 0.15) is 6.92 Å². The van der Waals surface area contributed by atoms with Crippen LogP contribution in [0.15, 0.2) is 29.3 Å². The number of fused-ring (bicyclic) bond motifs is 1. The maximum atomic E-state index is 5.63. The van der Waals surface area contributed by atoms with Gasteiger partial charge < -0.3 is 0 Å². The maximum absolute atomic E-state index is 5.63. The van der Waals surface area contributed by atoms with Crippen LogP contribution in [0.25, 0.3) is 11.0 Å². The van der Waals surface area contributed by atoms with Crippen molar-refractivity contribution >= 4 is 27.8 Å². The third kappa shape index (κ3) is 1.75. The summed E-state index contributed by atoms with van der Waals surface area (Å²) in [6.07, 6.45) is 0.